The summed E-state index contributed by atoms with van der Waals surface area (Å²) in [5.74, 6) is 0.345. The number of amides is 1. The van der Waals surface area contributed by atoms with Crippen LogP contribution in [-0.2, 0) is 6.42 Å². The van der Waals surface area contributed by atoms with Gasteiger partial charge in [0.1, 0.15) is 5.82 Å². The summed E-state index contributed by atoms with van der Waals surface area (Å²) in [6.45, 7) is 6.25. The maximum atomic E-state index is 13.4. The largest absolute Gasteiger partial charge is 0.339 e. The van der Waals surface area contributed by atoms with Gasteiger partial charge in [-0.15, -0.1) is 0 Å². The van der Waals surface area contributed by atoms with Crippen molar-refractivity contribution in [3.63, 3.8) is 0 Å². The molecule has 0 aliphatic rings. The molecule has 6 heteroatoms. The number of nitrogens with zero attached hydrogens (tertiary/aromatic N) is 3. The van der Waals surface area contributed by atoms with Crippen molar-refractivity contribution in [3.05, 3.63) is 71.4 Å². The molecule has 0 N–H and O–H groups in total. The van der Waals surface area contributed by atoms with E-state index in [0.717, 1.165) is 11.1 Å². The first-order valence-corrected chi connectivity index (χ1v) is 8.90. The fourth-order valence-electron chi connectivity index (χ4n) is 2.86. The Kier molecular flexibility index (Phi) is 5.64. The standard InChI is InChI=1S/C21H22FN3O2/c1-14(2)25(21(26)17-8-5-9-18(22)13-17)11-10-19-23-20(24-27-19)16-7-4-6-15(3)12-16/h4-9,12-14H,10-11H2,1-3H3. The van der Waals surface area contributed by atoms with E-state index in [0.29, 0.717) is 30.2 Å². The third-order valence-corrected chi connectivity index (χ3v) is 4.27. The number of carbonyl (C=O) groups is 1. The van der Waals surface area contributed by atoms with Gasteiger partial charge in [-0.2, -0.15) is 4.98 Å². The van der Waals surface area contributed by atoms with E-state index in [9.17, 15) is 9.18 Å². The molecule has 0 atom stereocenters. The van der Waals surface area contributed by atoms with Crippen LogP contribution in [0.2, 0.25) is 0 Å². The number of carbonyl (C=O) groups excluding carboxylic acids is 1. The quantitative estimate of drug-likeness (QED) is 0.653. The molecule has 3 aromatic rings. The van der Waals surface area contributed by atoms with Crippen molar-refractivity contribution < 1.29 is 13.7 Å². The molecule has 0 bridgehead atoms. The van der Waals surface area contributed by atoms with Gasteiger partial charge >= 0.3 is 0 Å². The van der Waals surface area contributed by atoms with E-state index in [2.05, 4.69) is 10.1 Å². The Balaban J connectivity index is 1.71. The normalized spacial score (nSPS) is 11.0. The maximum absolute atomic E-state index is 13.4. The molecule has 5 nitrogen and oxygen atoms in total. The lowest BCUT2D eigenvalue weighted by atomic mass is 10.1. The molecule has 1 amide bonds. The molecule has 0 radical (unpaired) electrons. The van der Waals surface area contributed by atoms with E-state index in [-0.39, 0.29) is 11.9 Å². The monoisotopic (exact) mass is 367 g/mol. The van der Waals surface area contributed by atoms with Crippen LogP contribution in [-0.4, -0.2) is 33.5 Å². The fraction of sp³-hybridized carbons (Fsp3) is 0.286. The van der Waals surface area contributed by atoms with Crippen molar-refractivity contribution in [2.75, 3.05) is 6.54 Å². The van der Waals surface area contributed by atoms with Gasteiger partial charge in [0.2, 0.25) is 11.7 Å². The van der Waals surface area contributed by atoms with Gasteiger partial charge in [-0.25, -0.2) is 4.39 Å². The highest BCUT2D eigenvalue weighted by Crippen LogP contribution is 2.18. The number of halogens is 1. The van der Waals surface area contributed by atoms with Gasteiger partial charge in [-0.3, -0.25) is 4.79 Å². The molecular formula is C21H22FN3O2. The van der Waals surface area contributed by atoms with Crippen molar-refractivity contribution >= 4 is 5.91 Å². The third kappa shape index (κ3) is 4.58. The molecule has 140 valence electrons. The average Bonchev–Trinajstić information content (AvgIpc) is 3.10. The molecule has 0 spiro atoms. The van der Waals surface area contributed by atoms with Crippen LogP contribution >= 0.6 is 0 Å². The minimum atomic E-state index is -0.427. The van der Waals surface area contributed by atoms with Crippen LogP contribution in [0.25, 0.3) is 11.4 Å². The zero-order valence-electron chi connectivity index (χ0n) is 15.6. The summed E-state index contributed by atoms with van der Waals surface area (Å²) < 4.78 is 18.8. The van der Waals surface area contributed by atoms with Crippen molar-refractivity contribution in [2.45, 2.75) is 33.2 Å². The Bertz CT molecular complexity index is 936. The molecule has 1 aromatic heterocycles. The maximum Gasteiger partial charge on any atom is 0.254 e. The van der Waals surface area contributed by atoms with Crippen molar-refractivity contribution in [1.82, 2.24) is 15.0 Å². The lowest BCUT2D eigenvalue weighted by molar-refractivity contribution is 0.0703. The van der Waals surface area contributed by atoms with Gasteiger partial charge < -0.3 is 9.42 Å². The number of benzene rings is 2. The van der Waals surface area contributed by atoms with E-state index in [1.54, 1.807) is 11.0 Å². The number of hydrogen-bond donors (Lipinski definition) is 0. The van der Waals surface area contributed by atoms with Crippen LogP contribution in [0.5, 0.6) is 0 Å². The first-order valence-electron chi connectivity index (χ1n) is 8.90. The molecule has 0 saturated heterocycles. The van der Waals surface area contributed by atoms with Gasteiger partial charge in [0.15, 0.2) is 0 Å². The Hall–Kier alpha value is -3.02. The predicted octanol–water partition coefficient (Wildman–Crippen LogP) is 4.28. The predicted molar refractivity (Wildman–Crippen MR) is 101 cm³/mol. The number of hydrogen-bond acceptors (Lipinski definition) is 4. The second-order valence-electron chi connectivity index (χ2n) is 6.73. The smallest absolute Gasteiger partial charge is 0.254 e. The molecule has 1 heterocycles. The van der Waals surface area contributed by atoms with E-state index < -0.39 is 5.82 Å². The molecule has 0 aliphatic carbocycles. The lowest BCUT2D eigenvalue weighted by Crippen LogP contribution is -2.38. The van der Waals surface area contributed by atoms with Crippen LogP contribution in [0.15, 0.2) is 53.1 Å². The zero-order chi connectivity index (χ0) is 19.4. The molecule has 2 aromatic carbocycles. The number of rotatable bonds is 6. The summed E-state index contributed by atoms with van der Waals surface area (Å²) in [6.07, 6.45) is 0.429. The highest BCUT2D eigenvalue weighted by atomic mass is 19.1. The van der Waals surface area contributed by atoms with Gasteiger partial charge in [0.05, 0.1) is 0 Å². The minimum absolute atomic E-state index is 0.0417. The Morgan fingerprint density at radius 2 is 1.96 bits per heavy atom. The summed E-state index contributed by atoms with van der Waals surface area (Å²) in [6, 6.07) is 13.5. The van der Waals surface area contributed by atoms with Crippen LogP contribution in [0.1, 0.15) is 35.7 Å². The van der Waals surface area contributed by atoms with Crippen LogP contribution < -0.4 is 0 Å². The van der Waals surface area contributed by atoms with Crippen LogP contribution in [0, 0.1) is 12.7 Å². The molecule has 0 fully saturated rings. The molecule has 0 aliphatic heterocycles. The SMILES string of the molecule is Cc1cccc(-c2noc(CCN(C(=O)c3cccc(F)c3)C(C)C)n2)c1. The molecule has 0 unspecified atom stereocenters. The van der Waals surface area contributed by atoms with Gasteiger partial charge in [-0.05, 0) is 45.0 Å². The van der Waals surface area contributed by atoms with E-state index in [1.807, 2.05) is 45.0 Å². The van der Waals surface area contributed by atoms with E-state index in [1.165, 1.54) is 18.2 Å². The van der Waals surface area contributed by atoms with Gasteiger partial charge in [-0.1, -0.05) is 35.0 Å². The van der Waals surface area contributed by atoms with Gasteiger partial charge in [0, 0.05) is 30.1 Å². The lowest BCUT2D eigenvalue weighted by Gasteiger charge is -2.26. The van der Waals surface area contributed by atoms with E-state index >= 15 is 0 Å². The Morgan fingerprint density at radius 3 is 2.67 bits per heavy atom. The average molecular weight is 367 g/mol. The zero-order valence-corrected chi connectivity index (χ0v) is 15.6. The Morgan fingerprint density at radius 1 is 1.19 bits per heavy atom. The summed E-state index contributed by atoms with van der Waals surface area (Å²) in [5.41, 5.74) is 2.33. The molecular weight excluding hydrogens is 345 g/mol. The first-order chi connectivity index (χ1) is 12.9. The van der Waals surface area contributed by atoms with Gasteiger partial charge in [0.25, 0.3) is 5.91 Å². The van der Waals surface area contributed by atoms with Crippen molar-refractivity contribution in [1.29, 1.82) is 0 Å². The van der Waals surface area contributed by atoms with Crippen LogP contribution in [0.4, 0.5) is 4.39 Å². The summed E-state index contributed by atoms with van der Waals surface area (Å²) in [4.78, 5) is 18.8. The second kappa shape index (κ2) is 8.12. The number of aryl methyl sites for hydroxylation is 1. The van der Waals surface area contributed by atoms with Crippen molar-refractivity contribution in [3.8, 4) is 11.4 Å². The highest BCUT2D eigenvalue weighted by molar-refractivity contribution is 5.94. The molecule has 27 heavy (non-hydrogen) atoms. The summed E-state index contributed by atoms with van der Waals surface area (Å²) >= 11 is 0. The second-order valence-corrected chi connectivity index (χ2v) is 6.73. The fourth-order valence-corrected chi connectivity index (χ4v) is 2.86. The van der Waals surface area contributed by atoms with E-state index in [4.69, 9.17) is 4.52 Å². The van der Waals surface area contributed by atoms with Crippen molar-refractivity contribution in [2.24, 2.45) is 0 Å². The minimum Gasteiger partial charge on any atom is -0.339 e. The first kappa shape index (κ1) is 18.8. The highest BCUT2D eigenvalue weighted by Gasteiger charge is 2.20. The summed E-state index contributed by atoms with van der Waals surface area (Å²) in [7, 11) is 0. The summed E-state index contributed by atoms with van der Waals surface area (Å²) in [5, 5.41) is 4.03. The molecule has 0 saturated carbocycles. The third-order valence-electron chi connectivity index (χ3n) is 4.27. The number of aromatic nitrogens is 2. The topological polar surface area (TPSA) is 59.2 Å². The Labute approximate surface area is 157 Å². The van der Waals surface area contributed by atoms with Crippen LogP contribution in [0.3, 0.4) is 0 Å². The molecule has 3 rings (SSSR count).